The first-order chi connectivity index (χ1) is 12.8. The normalized spacial score (nSPS) is 25.8. The highest BCUT2D eigenvalue weighted by Crippen LogP contribution is 2.54. The van der Waals surface area contributed by atoms with Gasteiger partial charge in [-0.1, -0.05) is 50.6 Å². The minimum absolute atomic E-state index is 0.0520. The van der Waals surface area contributed by atoms with E-state index in [2.05, 4.69) is 37.0 Å². The van der Waals surface area contributed by atoms with Gasteiger partial charge in [0.15, 0.2) is 11.6 Å². The van der Waals surface area contributed by atoms with E-state index in [9.17, 15) is 10.1 Å². The highest BCUT2D eigenvalue weighted by Gasteiger charge is 2.54. The quantitative estimate of drug-likeness (QED) is 0.762. The van der Waals surface area contributed by atoms with Crippen molar-refractivity contribution < 1.29 is 4.79 Å². The van der Waals surface area contributed by atoms with Crippen molar-refractivity contribution in [1.29, 1.82) is 5.26 Å². The molecule has 2 aromatic rings. The minimum atomic E-state index is -0.583. The Morgan fingerprint density at radius 3 is 2.74 bits per heavy atom. The largest absolute Gasteiger partial charge is 0.293 e. The molecular formula is C23H23N3O. The molecule has 0 spiro atoms. The lowest BCUT2D eigenvalue weighted by Gasteiger charge is -2.50. The molecular weight excluding hydrogens is 334 g/mol. The van der Waals surface area contributed by atoms with E-state index < -0.39 is 10.8 Å². The number of aryl methyl sites for hydroxylation is 2. The zero-order valence-electron chi connectivity index (χ0n) is 16.2. The van der Waals surface area contributed by atoms with Gasteiger partial charge in [-0.25, -0.2) is 9.97 Å². The van der Waals surface area contributed by atoms with Crippen LogP contribution in [-0.4, -0.2) is 15.8 Å². The highest BCUT2D eigenvalue weighted by atomic mass is 16.1. The molecule has 0 saturated carbocycles. The average Bonchev–Trinajstić information content (AvgIpc) is 2.64. The molecule has 4 heteroatoms. The predicted molar refractivity (Wildman–Crippen MR) is 104 cm³/mol. The maximum absolute atomic E-state index is 12.8. The molecule has 0 saturated heterocycles. The van der Waals surface area contributed by atoms with Gasteiger partial charge in [0.25, 0.3) is 0 Å². The molecule has 0 N–H and O–H groups in total. The third-order valence-corrected chi connectivity index (χ3v) is 6.34. The molecule has 1 aromatic carbocycles. The molecule has 0 amide bonds. The summed E-state index contributed by atoms with van der Waals surface area (Å²) in [6.45, 7) is 8.11. The molecule has 0 bridgehead atoms. The van der Waals surface area contributed by atoms with E-state index in [0.29, 0.717) is 5.82 Å². The van der Waals surface area contributed by atoms with Crippen molar-refractivity contribution in [2.75, 3.05) is 0 Å². The molecule has 0 radical (unpaired) electrons. The number of aromatic nitrogens is 2. The van der Waals surface area contributed by atoms with Crippen LogP contribution in [0.3, 0.4) is 0 Å². The predicted octanol–water partition coefficient (Wildman–Crippen LogP) is 4.33. The Bertz CT molecular complexity index is 1030. The first-order valence-corrected chi connectivity index (χ1v) is 9.38. The smallest absolute Gasteiger partial charge is 0.178 e. The number of hydrogen-bond donors (Lipinski definition) is 0. The standard InChI is InChI=1S/C23H23N3O/c1-14-6-5-7-15(10-14)21-25-13-16-8-9-18-22(2,3)20(27)17(12-24)11-23(18,4)19(16)26-21/h5-7,10-11,13,18H,8-9H2,1-4H3. The molecule has 4 nitrogen and oxygen atoms in total. The summed E-state index contributed by atoms with van der Waals surface area (Å²) in [5.41, 5.74) is 3.44. The van der Waals surface area contributed by atoms with Gasteiger partial charge >= 0.3 is 0 Å². The highest BCUT2D eigenvalue weighted by molar-refractivity contribution is 6.04. The number of carbonyl (C=O) groups excluding carboxylic acids is 1. The monoisotopic (exact) mass is 357 g/mol. The van der Waals surface area contributed by atoms with Gasteiger partial charge in [-0.05, 0) is 37.3 Å². The van der Waals surface area contributed by atoms with Crippen LogP contribution in [0.4, 0.5) is 0 Å². The van der Waals surface area contributed by atoms with Crippen molar-refractivity contribution in [3.8, 4) is 17.5 Å². The maximum atomic E-state index is 12.8. The van der Waals surface area contributed by atoms with Crippen LogP contribution in [0.25, 0.3) is 11.4 Å². The van der Waals surface area contributed by atoms with Crippen molar-refractivity contribution in [1.82, 2.24) is 9.97 Å². The zero-order chi connectivity index (χ0) is 19.4. The van der Waals surface area contributed by atoms with E-state index in [4.69, 9.17) is 4.98 Å². The van der Waals surface area contributed by atoms with Gasteiger partial charge in [-0.3, -0.25) is 4.79 Å². The van der Waals surface area contributed by atoms with Crippen LogP contribution in [0.1, 0.15) is 44.0 Å². The number of fused-ring (bicyclic) bond motifs is 3. The molecule has 0 fully saturated rings. The summed E-state index contributed by atoms with van der Waals surface area (Å²) in [4.78, 5) is 22.4. The lowest BCUT2D eigenvalue weighted by atomic mass is 9.52. The van der Waals surface area contributed by atoms with Crippen LogP contribution in [-0.2, 0) is 16.6 Å². The lowest BCUT2D eigenvalue weighted by molar-refractivity contribution is -0.128. The first kappa shape index (κ1) is 17.6. The summed E-state index contributed by atoms with van der Waals surface area (Å²) in [6.07, 6.45) is 5.53. The van der Waals surface area contributed by atoms with E-state index in [1.165, 1.54) is 0 Å². The zero-order valence-corrected chi connectivity index (χ0v) is 16.2. The SMILES string of the molecule is Cc1cccc(-c2ncc3c(n2)C2(C)C=C(C#N)C(=O)C(C)(C)C2CC3)c1. The molecule has 0 aliphatic heterocycles. The first-order valence-electron chi connectivity index (χ1n) is 9.38. The molecule has 1 aromatic heterocycles. The fourth-order valence-corrected chi connectivity index (χ4v) is 4.98. The van der Waals surface area contributed by atoms with Gasteiger partial charge in [0.05, 0.1) is 11.3 Å². The second-order valence-corrected chi connectivity index (χ2v) is 8.53. The number of allylic oxidation sites excluding steroid dienone is 2. The minimum Gasteiger partial charge on any atom is -0.293 e. The van der Waals surface area contributed by atoms with Crippen LogP contribution in [0, 0.1) is 29.6 Å². The summed E-state index contributed by atoms with van der Waals surface area (Å²) >= 11 is 0. The third-order valence-electron chi connectivity index (χ3n) is 6.34. The van der Waals surface area contributed by atoms with Crippen LogP contribution in [0.15, 0.2) is 42.1 Å². The number of carbonyl (C=O) groups is 1. The Labute approximate surface area is 160 Å². The Morgan fingerprint density at radius 2 is 2.04 bits per heavy atom. The molecule has 2 atom stereocenters. The Balaban J connectivity index is 1.93. The summed E-state index contributed by atoms with van der Waals surface area (Å²) < 4.78 is 0. The second-order valence-electron chi connectivity index (χ2n) is 8.53. The van der Waals surface area contributed by atoms with Crippen LogP contribution < -0.4 is 0 Å². The topological polar surface area (TPSA) is 66.6 Å². The number of benzene rings is 1. The summed E-state index contributed by atoms with van der Waals surface area (Å²) in [6, 6.07) is 10.3. The van der Waals surface area contributed by atoms with Gasteiger partial charge in [0.1, 0.15) is 6.07 Å². The van der Waals surface area contributed by atoms with E-state index in [0.717, 1.165) is 35.2 Å². The van der Waals surface area contributed by atoms with Crippen LogP contribution in [0.2, 0.25) is 0 Å². The van der Waals surface area contributed by atoms with Gasteiger partial charge in [-0.15, -0.1) is 0 Å². The number of Topliss-reactive ketones (excluding diaryl/α,β-unsaturated/α-hetero) is 1. The second kappa shape index (κ2) is 5.85. The van der Waals surface area contributed by atoms with Crippen LogP contribution in [0.5, 0.6) is 0 Å². The number of ketones is 1. The van der Waals surface area contributed by atoms with E-state index >= 15 is 0 Å². The summed E-state index contributed by atoms with van der Waals surface area (Å²) in [5, 5.41) is 9.54. The Kier molecular flexibility index (Phi) is 3.82. The Morgan fingerprint density at radius 1 is 1.26 bits per heavy atom. The van der Waals surface area contributed by atoms with Crippen molar-refractivity contribution in [2.24, 2.45) is 11.3 Å². The fraction of sp³-hybridized carbons (Fsp3) is 0.391. The lowest BCUT2D eigenvalue weighted by Crippen LogP contribution is -2.51. The molecule has 2 aliphatic carbocycles. The number of nitrogens with zero attached hydrogens (tertiary/aromatic N) is 3. The fourth-order valence-electron chi connectivity index (χ4n) is 4.98. The van der Waals surface area contributed by atoms with Gasteiger partial charge in [0, 0.05) is 22.6 Å². The van der Waals surface area contributed by atoms with Crippen molar-refractivity contribution in [3.05, 3.63) is 58.9 Å². The van der Waals surface area contributed by atoms with Crippen molar-refractivity contribution in [3.63, 3.8) is 0 Å². The van der Waals surface area contributed by atoms with E-state index in [1.807, 2.05) is 38.3 Å². The number of rotatable bonds is 1. The number of hydrogen-bond acceptors (Lipinski definition) is 4. The average molecular weight is 357 g/mol. The number of nitriles is 1. The maximum Gasteiger partial charge on any atom is 0.178 e. The van der Waals surface area contributed by atoms with E-state index in [-0.39, 0.29) is 17.3 Å². The van der Waals surface area contributed by atoms with Crippen molar-refractivity contribution in [2.45, 2.75) is 46.0 Å². The third kappa shape index (κ3) is 2.53. The molecule has 1 heterocycles. The van der Waals surface area contributed by atoms with E-state index in [1.54, 1.807) is 0 Å². The van der Waals surface area contributed by atoms with Gasteiger partial charge in [0.2, 0.25) is 0 Å². The summed E-state index contributed by atoms with van der Waals surface area (Å²) in [7, 11) is 0. The van der Waals surface area contributed by atoms with Crippen LogP contribution >= 0.6 is 0 Å². The van der Waals surface area contributed by atoms with Crippen molar-refractivity contribution >= 4 is 5.78 Å². The molecule has 2 unspecified atom stereocenters. The van der Waals surface area contributed by atoms with Gasteiger partial charge in [-0.2, -0.15) is 5.26 Å². The summed E-state index contributed by atoms with van der Waals surface area (Å²) in [5.74, 6) is 0.757. The molecule has 4 rings (SSSR count). The molecule has 136 valence electrons. The molecule has 27 heavy (non-hydrogen) atoms. The Hall–Kier alpha value is -2.80. The molecule has 2 aliphatic rings. The van der Waals surface area contributed by atoms with Gasteiger partial charge < -0.3 is 0 Å².